The molecule has 0 spiro atoms. The highest BCUT2D eigenvalue weighted by molar-refractivity contribution is 7.92. The largest absolute Gasteiger partial charge is 0.507 e. The Labute approximate surface area is 172 Å². The fourth-order valence-corrected chi connectivity index (χ4v) is 3.65. The van der Waals surface area contributed by atoms with Gasteiger partial charge in [-0.1, -0.05) is 0 Å². The molecule has 2 aromatic carbocycles. The number of sulfonamides is 1. The van der Waals surface area contributed by atoms with E-state index >= 15 is 0 Å². The molecule has 30 heavy (non-hydrogen) atoms. The lowest BCUT2D eigenvalue weighted by Gasteiger charge is -2.09. The molecular formula is C20H18N4O5S. The van der Waals surface area contributed by atoms with Crippen molar-refractivity contribution in [1.82, 2.24) is 4.98 Å². The maximum absolute atomic E-state index is 12.6. The SMILES string of the molecule is Cc1cc(C)nc(NS(=O)(=O)c2ccc(N=Nc3ccc(O)c(C(=O)O)c3)cc2)c1. The van der Waals surface area contributed by atoms with Gasteiger partial charge in [0.25, 0.3) is 10.0 Å². The van der Waals surface area contributed by atoms with Crippen LogP contribution in [0.2, 0.25) is 0 Å². The minimum absolute atomic E-state index is 0.0280. The van der Waals surface area contributed by atoms with Crippen molar-refractivity contribution in [3.63, 3.8) is 0 Å². The van der Waals surface area contributed by atoms with E-state index in [1.165, 1.54) is 42.5 Å². The van der Waals surface area contributed by atoms with Crippen LogP contribution in [-0.2, 0) is 10.0 Å². The maximum atomic E-state index is 12.6. The first-order valence-corrected chi connectivity index (χ1v) is 10.2. The van der Waals surface area contributed by atoms with Gasteiger partial charge in [-0.3, -0.25) is 4.72 Å². The third-order valence-corrected chi connectivity index (χ3v) is 5.35. The standard InChI is InChI=1S/C20H18N4O5S/c1-12-9-13(2)21-19(10-12)24-30(28,29)16-6-3-14(4-7-16)22-23-15-5-8-18(25)17(11-15)20(26)27/h3-11,25H,1-2H3,(H,21,24)(H,26,27). The Balaban J connectivity index is 1.78. The quantitative estimate of drug-likeness (QED) is 0.501. The first-order chi connectivity index (χ1) is 14.1. The van der Waals surface area contributed by atoms with Crippen molar-refractivity contribution < 1.29 is 23.4 Å². The van der Waals surface area contributed by atoms with Crippen molar-refractivity contribution in [1.29, 1.82) is 0 Å². The molecule has 0 saturated carbocycles. The van der Waals surface area contributed by atoms with E-state index in [9.17, 15) is 18.3 Å². The smallest absolute Gasteiger partial charge is 0.339 e. The number of aromatic hydroxyl groups is 1. The number of anilines is 1. The van der Waals surface area contributed by atoms with Crippen molar-refractivity contribution in [2.45, 2.75) is 18.7 Å². The number of rotatable bonds is 6. The summed E-state index contributed by atoms with van der Waals surface area (Å²) in [6.45, 7) is 3.62. The fraction of sp³-hybridized carbons (Fsp3) is 0.100. The van der Waals surface area contributed by atoms with Crippen molar-refractivity contribution >= 4 is 33.2 Å². The summed E-state index contributed by atoms with van der Waals surface area (Å²) in [4.78, 5) is 15.2. The molecule has 1 heterocycles. The van der Waals surface area contributed by atoms with Crippen LogP contribution in [0, 0.1) is 13.8 Å². The minimum atomic E-state index is -3.83. The molecule has 0 aliphatic heterocycles. The second-order valence-corrected chi connectivity index (χ2v) is 8.16. The van der Waals surface area contributed by atoms with Crippen LogP contribution in [0.4, 0.5) is 17.2 Å². The van der Waals surface area contributed by atoms with Crippen LogP contribution in [0.5, 0.6) is 5.75 Å². The fourth-order valence-electron chi connectivity index (χ4n) is 2.66. The lowest BCUT2D eigenvalue weighted by molar-refractivity contribution is 0.0693. The van der Waals surface area contributed by atoms with E-state index in [0.29, 0.717) is 11.4 Å². The Morgan fingerprint density at radius 3 is 2.23 bits per heavy atom. The normalized spacial score (nSPS) is 11.5. The van der Waals surface area contributed by atoms with Gasteiger partial charge in [0.1, 0.15) is 17.1 Å². The third kappa shape index (κ3) is 4.97. The Hall–Kier alpha value is -3.79. The van der Waals surface area contributed by atoms with Crippen LogP contribution < -0.4 is 4.72 Å². The van der Waals surface area contributed by atoms with Crippen molar-refractivity contribution in [2.75, 3.05) is 4.72 Å². The highest BCUT2D eigenvalue weighted by Crippen LogP contribution is 2.26. The van der Waals surface area contributed by atoms with Crippen LogP contribution >= 0.6 is 0 Å². The van der Waals surface area contributed by atoms with Crippen LogP contribution in [0.15, 0.2) is 69.7 Å². The van der Waals surface area contributed by atoms with Gasteiger partial charge >= 0.3 is 5.97 Å². The first kappa shape index (κ1) is 20.9. The highest BCUT2D eigenvalue weighted by Gasteiger charge is 2.15. The molecule has 3 rings (SSSR count). The summed E-state index contributed by atoms with van der Waals surface area (Å²) in [7, 11) is -3.83. The second-order valence-electron chi connectivity index (χ2n) is 6.48. The van der Waals surface area contributed by atoms with Crippen molar-refractivity contribution in [3.05, 3.63) is 71.4 Å². The number of pyridine rings is 1. The molecule has 1 aromatic heterocycles. The van der Waals surface area contributed by atoms with Gasteiger partial charge in [-0.05, 0) is 74.0 Å². The Morgan fingerprint density at radius 1 is 0.967 bits per heavy atom. The molecule has 0 aliphatic rings. The summed E-state index contributed by atoms with van der Waals surface area (Å²) < 4.78 is 27.6. The molecule has 0 amide bonds. The molecule has 0 radical (unpaired) electrons. The van der Waals surface area contributed by atoms with E-state index in [2.05, 4.69) is 19.9 Å². The zero-order valence-electron chi connectivity index (χ0n) is 16.1. The lowest BCUT2D eigenvalue weighted by atomic mass is 10.2. The summed E-state index contributed by atoms with van der Waals surface area (Å²) >= 11 is 0. The van der Waals surface area contributed by atoms with Gasteiger partial charge in [0.2, 0.25) is 0 Å². The molecule has 0 aliphatic carbocycles. The van der Waals surface area contributed by atoms with Gasteiger partial charge in [0.05, 0.1) is 16.3 Å². The summed E-state index contributed by atoms with van der Waals surface area (Å²) in [6.07, 6.45) is 0. The maximum Gasteiger partial charge on any atom is 0.339 e. The first-order valence-electron chi connectivity index (χ1n) is 8.70. The van der Waals surface area contributed by atoms with Gasteiger partial charge in [-0.2, -0.15) is 10.2 Å². The van der Waals surface area contributed by atoms with E-state index in [4.69, 9.17) is 5.11 Å². The summed E-state index contributed by atoms with van der Waals surface area (Å²) in [6, 6.07) is 12.9. The third-order valence-electron chi connectivity index (χ3n) is 3.98. The van der Waals surface area contributed by atoms with E-state index < -0.39 is 16.0 Å². The zero-order chi connectivity index (χ0) is 21.9. The molecule has 0 atom stereocenters. The number of aryl methyl sites for hydroxylation is 2. The number of nitrogens with one attached hydrogen (secondary N) is 1. The van der Waals surface area contributed by atoms with Crippen molar-refractivity contribution in [2.24, 2.45) is 10.2 Å². The molecule has 3 N–H and O–H groups in total. The van der Waals surface area contributed by atoms with Crippen LogP contribution in [0.3, 0.4) is 0 Å². The molecule has 3 aromatic rings. The Morgan fingerprint density at radius 2 is 1.60 bits per heavy atom. The number of phenols is 1. The predicted molar refractivity (Wildman–Crippen MR) is 110 cm³/mol. The molecule has 9 nitrogen and oxygen atoms in total. The molecule has 154 valence electrons. The Bertz CT molecular complexity index is 1220. The number of hydrogen-bond donors (Lipinski definition) is 3. The van der Waals surface area contributed by atoms with Crippen LogP contribution in [0.25, 0.3) is 0 Å². The number of hydrogen-bond acceptors (Lipinski definition) is 7. The minimum Gasteiger partial charge on any atom is -0.507 e. The molecule has 0 unspecified atom stereocenters. The van der Waals surface area contributed by atoms with E-state index in [0.717, 1.165) is 5.56 Å². The molecule has 0 bridgehead atoms. The summed E-state index contributed by atoms with van der Waals surface area (Å²) in [5.41, 5.74) is 1.88. The number of benzene rings is 2. The number of carboxylic acids is 1. The lowest BCUT2D eigenvalue weighted by Crippen LogP contribution is -2.14. The number of carbonyl (C=O) groups is 1. The number of aromatic carboxylic acids is 1. The zero-order valence-corrected chi connectivity index (χ0v) is 16.9. The summed E-state index contributed by atoms with van der Waals surface area (Å²) in [5.74, 6) is -1.43. The van der Waals surface area contributed by atoms with Crippen LogP contribution in [0.1, 0.15) is 21.6 Å². The average molecular weight is 426 g/mol. The van der Waals surface area contributed by atoms with E-state index in [-0.39, 0.29) is 27.7 Å². The van der Waals surface area contributed by atoms with Gasteiger partial charge in [-0.15, -0.1) is 0 Å². The number of azo groups is 1. The van der Waals surface area contributed by atoms with Crippen molar-refractivity contribution in [3.8, 4) is 5.75 Å². The monoisotopic (exact) mass is 426 g/mol. The summed E-state index contributed by atoms with van der Waals surface area (Å²) in [5, 5.41) is 26.4. The molecule has 10 heteroatoms. The predicted octanol–water partition coefficient (Wildman–Crippen LogP) is 4.32. The van der Waals surface area contributed by atoms with Gasteiger partial charge in [0.15, 0.2) is 0 Å². The van der Waals surface area contributed by atoms with E-state index in [1.54, 1.807) is 13.0 Å². The molecule has 0 saturated heterocycles. The molecule has 0 fully saturated rings. The van der Waals surface area contributed by atoms with Gasteiger partial charge in [-0.25, -0.2) is 18.2 Å². The average Bonchev–Trinajstić information content (AvgIpc) is 2.66. The van der Waals surface area contributed by atoms with Gasteiger partial charge < -0.3 is 10.2 Å². The highest BCUT2D eigenvalue weighted by atomic mass is 32.2. The Kier molecular flexibility index (Phi) is 5.79. The molecular weight excluding hydrogens is 408 g/mol. The number of aromatic nitrogens is 1. The van der Waals surface area contributed by atoms with Crippen LogP contribution in [-0.4, -0.2) is 29.6 Å². The topological polar surface area (TPSA) is 141 Å². The van der Waals surface area contributed by atoms with E-state index in [1.807, 2.05) is 13.0 Å². The number of nitrogens with zero attached hydrogens (tertiary/aromatic N) is 3. The second kappa shape index (κ2) is 8.29. The van der Waals surface area contributed by atoms with Gasteiger partial charge in [0, 0.05) is 5.69 Å². The number of carboxylic acid groups (broad SMARTS) is 1.